The lowest BCUT2D eigenvalue weighted by atomic mass is 10.1. The Morgan fingerprint density at radius 3 is 2.65 bits per heavy atom. The highest BCUT2D eigenvalue weighted by Gasteiger charge is 2.06. The predicted octanol–water partition coefficient (Wildman–Crippen LogP) is 2.69. The molecule has 96 valence electrons. The Labute approximate surface area is 104 Å². The van der Waals surface area contributed by atoms with Crippen LogP contribution >= 0.6 is 0 Å². The zero-order valence-corrected chi connectivity index (χ0v) is 11.2. The van der Waals surface area contributed by atoms with Crippen LogP contribution in [-0.2, 0) is 4.74 Å². The van der Waals surface area contributed by atoms with Crippen molar-refractivity contribution in [3.05, 3.63) is 29.3 Å². The molecule has 1 N–H and O–H groups in total. The smallest absolute Gasteiger partial charge is 0.122 e. The van der Waals surface area contributed by atoms with Crippen LogP contribution < -0.4 is 10.1 Å². The van der Waals surface area contributed by atoms with Crippen LogP contribution in [0, 0.1) is 6.92 Å². The molecule has 1 atom stereocenters. The van der Waals surface area contributed by atoms with Crippen LogP contribution in [0.25, 0.3) is 0 Å². The van der Waals surface area contributed by atoms with Crippen molar-refractivity contribution in [2.45, 2.75) is 26.8 Å². The van der Waals surface area contributed by atoms with E-state index in [0.29, 0.717) is 19.3 Å². The lowest BCUT2D eigenvalue weighted by molar-refractivity contribution is 0.146. The maximum absolute atomic E-state index is 5.63. The van der Waals surface area contributed by atoms with Gasteiger partial charge in [-0.1, -0.05) is 19.1 Å². The second kappa shape index (κ2) is 7.30. The van der Waals surface area contributed by atoms with Gasteiger partial charge >= 0.3 is 0 Å². The first kappa shape index (κ1) is 14.0. The summed E-state index contributed by atoms with van der Waals surface area (Å²) in [5.74, 6) is 0.939. The van der Waals surface area contributed by atoms with Crippen molar-refractivity contribution in [3.8, 4) is 5.75 Å². The van der Waals surface area contributed by atoms with Crippen LogP contribution in [0.1, 0.15) is 31.0 Å². The van der Waals surface area contributed by atoms with Gasteiger partial charge in [-0.05, 0) is 37.6 Å². The molecule has 0 bridgehead atoms. The topological polar surface area (TPSA) is 30.5 Å². The normalized spacial score (nSPS) is 12.5. The van der Waals surface area contributed by atoms with Crippen molar-refractivity contribution < 1.29 is 9.47 Å². The fourth-order valence-electron chi connectivity index (χ4n) is 1.76. The molecule has 0 aromatic heterocycles. The summed E-state index contributed by atoms with van der Waals surface area (Å²) in [6.07, 6.45) is 0. The summed E-state index contributed by atoms with van der Waals surface area (Å²) in [6.45, 7) is 8.56. The number of aryl methyl sites for hydroxylation is 1. The summed E-state index contributed by atoms with van der Waals surface area (Å²) < 4.78 is 10.6. The summed E-state index contributed by atoms with van der Waals surface area (Å²) in [4.78, 5) is 0. The van der Waals surface area contributed by atoms with Gasteiger partial charge in [0.05, 0.1) is 6.61 Å². The van der Waals surface area contributed by atoms with Crippen molar-refractivity contribution in [1.82, 2.24) is 5.32 Å². The van der Waals surface area contributed by atoms with E-state index in [1.807, 2.05) is 6.07 Å². The van der Waals surface area contributed by atoms with Gasteiger partial charge < -0.3 is 14.8 Å². The highest BCUT2D eigenvalue weighted by molar-refractivity contribution is 5.37. The predicted molar refractivity (Wildman–Crippen MR) is 70.6 cm³/mol. The molecule has 1 rings (SSSR count). The molecule has 0 saturated carbocycles. The first-order chi connectivity index (χ1) is 8.19. The molecule has 0 heterocycles. The Bertz CT molecular complexity index is 339. The lowest BCUT2D eigenvalue weighted by Gasteiger charge is -2.15. The quantitative estimate of drug-likeness (QED) is 0.740. The number of methoxy groups -OCH3 is 1. The van der Waals surface area contributed by atoms with E-state index < -0.39 is 0 Å². The van der Waals surface area contributed by atoms with Gasteiger partial charge in [0.1, 0.15) is 12.4 Å². The van der Waals surface area contributed by atoms with E-state index in [2.05, 4.69) is 38.2 Å². The van der Waals surface area contributed by atoms with Gasteiger partial charge in [0.15, 0.2) is 0 Å². The van der Waals surface area contributed by atoms with E-state index in [1.54, 1.807) is 7.11 Å². The fraction of sp³-hybridized carbons (Fsp3) is 0.571. The second-order valence-corrected chi connectivity index (χ2v) is 4.15. The number of nitrogens with one attached hydrogen (secondary N) is 1. The average molecular weight is 237 g/mol. The van der Waals surface area contributed by atoms with Crippen LogP contribution in [0.15, 0.2) is 18.2 Å². The third-order valence-corrected chi connectivity index (χ3v) is 2.75. The van der Waals surface area contributed by atoms with Crippen molar-refractivity contribution in [1.29, 1.82) is 0 Å². The fourth-order valence-corrected chi connectivity index (χ4v) is 1.76. The molecule has 0 aliphatic heterocycles. The zero-order chi connectivity index (χ0) is 12.7. The molecule has 0 aliphatic carbocycles. The van der Waals surface area contributed by atoms with E-state index in [9.17, 15) is 0 Å². The van der Waals surface area contributed by atoms with Crippen LogP contribution in [0.2, 0.25) is 0 Å². The summed E-state index contributed by atoms with van der Waals surface area (Å²) in [5.41, 5.74) is 2.46. The third kappa shape index (κ3) is 4.36. The molecular weight excluding hydrogens is 214 g/mol. The maximum atomic E-state index is 5.63. The van der Waals surface area contributed by atoms with Gasteiger partial charge in [-0.15, -0.1) is 0 Å². The Morgan fingerprint density at radius 2 is 2.06 bits per heavy atom. The monoisotopic (exact) mass is 237 g/mol. The first-order valence-corrected chi connectivity index (χ1v) is 6.14. The van der Waals surface area contributed by atoms with E-state index in [4.69, 9.17) is 9.47 Å². The molecule has 0 aliphatic rings. The van der Waals surface area contributed by atoms with Crippen LogP contribution in [0.3, 0.4) is 0 Å². The van der Waals surface area contributed by atoms with E-state index in [-0.39, 0.29) is 0 Å². The zero-order valence-electron chi connectivity index (χ0n) is 11.2. The number of hydrogen-bond acceptors (Lipinski definition) is 3. The van der Waals surface area contributed by atoms with Crippen molar-refractivity contribution in [2.75, 3.05) is 26.9 Å². The first-order valence-electron chi connectivity index (χ1n) is 6.14. The van der Waals surface area contributed by atoms with E-state index in [0.717, 1.165) is 12.3 Å². The molecule has 0 amide bonds. The Balaban J connectivity index is 2.65. The standard InChI is InChI=1S/C14H23NO2/c1-5-15-12(3)13-6-7-14(11(2)10-13)17-9-8-16-4/h6-7,10,12,15H,5,8-9H2,1-4H3. The molecule has 1 aromatic carbocycles. The van der Waals surface area contributed by atoms with Crippen LogP contribution in [0.5, 0.6) is 5.75 Å². The molecule has 3 nitrogen and oxygen atoms in total. The Kier molecular flexibility index (Phi) is 6.01. The highest BCUT2D eigenvalue weighted by atomic mass is 16.5. The molecule has 0 saturated heterocycles. The van der Waals surface area contributed by atoms with Gasteiger partial charge in [0, 0.05) is 13.2 Å². The van der Waals surface area contributed by atoms with Gasteiger partial charge in [0.25, 0.3) is 0 Å². The van der Waals surface area contributed by atoms with Crippen LogP contribution in [-0.4, -0.2) is 26.9 Å². The summed E-state index contributed by atoms with van der Waals surface area (Å²) in [7, 11) is 1.68. The summed E-state index contributed by atoms with van der Waals surface area (Å²) in [6, 6.07) is 6.71. The SMILES string of the molecule is CCNC(C)c1ccc(OCCOC)c(C)c1. The minimum absolute atomic E-state index is 0.381. The Morgan fingerprint density at radius 1 is 1.29 bits per heavy atom. The highest BCUT2D eigenvalue weighted by Crippen LogP contribution is 2.22. The summed E-state index contributed by atoms with van der Waals surface area (Å²) in [5, 5.41) is 3.40. The summed E-state index contributed by atoms with van der Waals surface area (Å²) >= 11 is 0. The minimum Gasteiger partial charge on any atom is -0.491 e. The van der Waals surface area contributed by atoms with Crippen molar-refractivity contribution in [3.63, 3.8) is 0 Å². The largest absolute Gasteiger partial charge is 0.491 e. The molecule has 1 unspecified atom stereocenters. The number of rotatable bonds is 7. The molecule has 0 radical (unpaired) electrons. The average Bonchev–Trinajstić information content (AvgIpc) is 2.31. The molecular formula is C14H23NO2. The molecule has 0 fully saturated rings. The van der Waals surface area contributed by atoms with Gasteiger partial charge in [-0.2, -0.15) is 0 Å². The Hall–Kier alpha value is -1.06. The number of benzene rings is 1. The number of hydrogen-bond donors (Lipinski definition) is 1. The van der Waals surface area contributed by atoms with E-state index in [1.165, 1.54) is 11.1 Å². The molecule has 3 heteroatoms. The van der Waals surface area contributed by atoms with Gasteiger partial charge in [0.2, 0.25) is 0 Å². The third-order valence-electron chi connectivity index (χ3n) is 2.75. The molecule has 1 aromatic rings. The van der Waals surface area contributed by atoms with Crippen molar-refractivity contribution >= 4 is 0 Å². The molecule has 17 heavy (non-hydrogen) atoms. The lowest BCUT2D eigenvalue weighted by Crippen LogP contribution is -2.17. The van der Waals surface area contributed by atoms with Gasteiger partial charge in [-0.25, -0.2) is 0 Å². The van der Waals surface area contributed by atoms with Gasteiger partial charge in [-0.3, -0.25) is 0 Å². The number of ether oxygens (including phenoxy) is 2. The minimum atomic E-state index is 0.381. The maximum Gasteiger partial charge on any atom is 0.122 e. The van der Waals surface area contributed by atoms with Crippen LogP contribution in [0.4, 0.5) is 0 Å². The van der Waals surface area contributed by atoms with Crippen molar-refractivity contribution in [2.24, 2.45) is 0 Å². The second-order valence-electron chi connectivity index (χ2n) is 4.15. The van der Waals surface area contributed by atoms with E-state index >= 15 is 0 Å². The molecule has 0 spiro atoms.